The summed E-state index contributed by atoms with van der Waals surface area (Å²) in [5.41, 5.74) is 3.30. The van der Waals surface area contributed by atoms with E-state index >= 15 is 0 Å². The van der Waals surface area contributed by atoms with Crippen molar-refractivity contribution in [2.75, 3.05) is 33.1 Å². The highest BCUT2D eigenvalue weighted by atomic mass is 16.7. The third-order valence-electron chi connectivity index (χ3n) is 6.38. The minimum Gasteiger partial charge on any atom is -0.454 e. The topological polar surface area (TPSA) is 112 Å². The summed E-state index contributed by atoms with van der Waals surface area (Å²) in [6.45, 7) is 2.12. The molecule has 0 aromatic heterocycles. The molecule has 2 aromatic carbocycles. The van der Waals surface area contributed by atoms with E-state index in [2.05, 4.69) is 24.3 Å². The van der Waals surface area contributed by atoms with E-state index in [-0.39, 0.29) is 19.9 Å². The number of unbranched alkanes of at least 4 members (excludes halogenated alkanes) is 2. The first kappa shape index (κ1) is 23.9. The Morgan fingerprint density at radius 1 is 0.879 bits per heavy atom. The highest BCUT2D eigenvalue weighted by Gasteiger charge is 2.40. The van der Waals surface area contributed by atoms with Crippen molar-refractivity contribution in [3.8, 4) is 22.6 Å². The highest BCUT2D eigenvalue weighted by Crippen LogP contribution is 2.35. The maximum atomic E-state index is 10.0. The Morgan fingerprint density at radius 3 is 2.42 bits per heavy atom. The molecule has 0 saturated carbocycles. The fourth-order valence-corrected chi connectivity index (χ4v) is 4.39. The monoisotopic (exact) mass is 459 g/mol. The zero-order valence-electron chi connectivity index (χ0n) is 18.7. The van der Waals surface area contributed by atoms with E-state index in [4.69, 9.17) is 14.2 Å². The molecule has 2 aromatic rings. The van der Waals surface area contributed by atoms with E-state index in [0.717, 1.165) is 47.5 Å². The molecule has 0 spiro atoms. The van der Waals surface area contributed by atoms with Gasteiger partial charge in [-0.25, -0.2) is 0 Å². The van der Waals surface area contributed by atoms with E-state index in [9.17, 15) is 20.4 Å². The van der Waals surface area contributed by atoms with Gasteiger partial charge in [0.25, 0.3) is 0 Å². The number of β-amino-alcohol motifs (C(OH)–C–C–N with tert-alkyl or cyclic N) is 1. The van der Waals surface area contributed by atoms with Crippen LogP contribution in [0.25, 0.3) is 11.1 Å². The van der Waals surface area contributed by atoms with Crippen molar-refractivity contribution in [1.82, 2.24) is 4.90 Å². The van der Waals surface area contributed by atoms with Crippen LogP contribution >= 0.6 is 0 Å². The summed E-state index contributed by atoms with van der Waals surface area (Å²) in [5.74, 6) is 1.55. The second-order valence-corrected chi connectivity index (χ2v) is 8.67. The lowest BCUT2D eigenvalue weighted by atomic mass is 9.94. The Balaban J connectivity index is 1.14. The number of aliphatic hydroxyl groups excluding tert-OH is 4. The smallest absolute Gasteiger partial charge is 0.231 e. The Bertz CT molecular complexity index is 891. The van der Waals surface area contributed by atoms with Crippen molar-refractivity contribution in [3.05, 3.63) is 48.0 Å². The van der Waals surface area contributed by atoms with E-state index in [1.807, 2.05) is 23.1 Å². The van der Waals surface area contributed by atoms with Gasteiger partial charge in [-0.2, -0.15) is 0 Å². The Hall–Kier alpha value is -2.20. The van der Waals surface area contributed by atoms with Crippen LogP contribution in [0.2, 0.25) is 0 Å². The Morgan fingerprint density at radius 2 is 1.64 bits per heavy atom. The molecule has 2 aliphatic rings. The lowest BCUT2D eigenvalue weighted by Gasteiger charge is -2.43. The van der Waals surface area contributed by atoms with Crippen molar-refractivity contribution >= 4 is 0 Å². The molecule has 0 unspecified atom stereocenters. The van der Waals surface area contributed by atoms with Gasteiger partial charge in [0.15, 0.2) is 11.5 Å². The van der Waals surface area contributed by atoms with Crippen LogP contribution in [0.15, 0.2) is 42.5 Å². The third kappa shape index (κ3) is 5.84. The van der Waals surface area contributed by atoms with Crippen molar-refractivity contribution in [2.24, 2.45) is 0 Å². The number of benzene rings is 2. The molecule has 0 aliphatic carbocycles. The van der Waals surface area contributed by atoms with Crippen LogP contribution < -0.4 is 9.47 Å². The molecular weight excluding hydrogens is 426 g/mol. The quantitative estimate of drug-likeness (QED) is 0.396. The Labute approximate surface area is 193 Å². The maximum absolute atomic E-state index is 10.0. The van der Waals surface area contributed by atoms with Gasteiger partial charge in [0.05, 0.1) is 25.4 Å². The summed E-state index contributed by atoms with van der Waals surface area (Å²) in [5, 5.41) is 39.2. The first-order chi connectivity index (χ1) is 16.1. The highest BCUT2D eigenvalue weighted by molar-refractivity contribution is 5.67. The summed E-state index contributed by atoms with van der Waals surface area (Å²) < 4.78 is 16.6. The molecule has 2 heterocycles. The molecule has 0 amide bonds. The third-order valence-corrected chi connectivity index (χ3v) is 6.38. The fraction of sp³-hybridized carbons (Fsp3) is 0.520. The summed E-state index contributed by atoms with van der Waals surface area (Å²) in [4.78, 5) is 1.85. The van der Waals surface area contributed by atoms with Gasteiger partial charge in [0.2, 0.25) is 6.79 Å². The number of hydrogen-bond acceptors (Lipinski definition) is 8. The van der Waals surface area contributed by atoms with Crippen LogP contribution in [-0.4, -0.2) is 82.8 Å². The number of aliphatic hydroxyl groups is 4. The average Bonchev–Trinajstić information content (AvgIpc) is 3.30. The van der Waals surface area contributed by atoms with Gasteiger partial charge in [-0.3, -0.25) is 4.90 Å². The van der Waals surface area contributed by atoms with Crippen LogP contribution in [-0.2, 0) is 11.3 Å². The summed E-state index contributed by atoms with van der Waals surface area (Å²) in [6, 6.07) is 13.7. The summed E-state index contributed by atoms with van der Waals surface area (Å²) in [7, 11) is 0. The van der Waals surface area contributed by atoms with Gasteiger partial charge in [0.1, 0.15) is 12.2 Å². The Kier molecular flexibility index (Phi) is 8.19. The van der Waals surface area contributed by atoms with E-state index in [1.54, 1.807) is 0 Å². The molecule has 8 nitrogen and oxygen atoms in total. The van der Waals surface area contributed by atoms with E-state index < -0.39 is 24.4 Å². The lowest BCUT2D eigenvalue weighted by Crippen LogP contribution is -2.62. The molecule has 4 atom stereocenters. The zero-order chi connectivity index (χ0) is 23.2. The van der Waals surface area contributed by atoms with Gasteiger partial charge >= 0.3 is 0 Å². The van der Waals surface area contributed by atoms with Gasteiger partial charge in [-0.1, -0.05) is 30.3 Å². The summed E-state index contributed by atoms with van der Waals surface area (Å²) >= 11 is 0. The van der Waals surface area contributed by atoms with Gasteiger partial charge in [-0.05, 0) is 54.6 Å². The lowest BCUT2D eigenvalue weighted by molar-refractivity contribution is -0.145. The maximum Gasteiger partial charge on any atom is 0.231 e. The molecule has 180 valence electrons. The van der Waals surface area contributed by atoms with Crippen molar-refractivity contribution < 1.29 is 34.6 Å². The number of piperidine rings is 1. The SMILES string of the molecule is OC[C@H]1[C@@H](O)[C@H](O)[C@@H](O)CN1CCCCCOCc1ccc(-c2ccc3c(c2)OCO3)cc1. The zero-order valence-corrected chi connectivity index (χ0v) is 18.7. The number of rotatable bonds is 10. The molecule has 4 rings (SSSR count). The average molecular weight is 460 g/mol. The van der Waals surface area contributed by atoms with Crippen LogP contribution in [0.5, 0.6) is 11.5 Å². The van der Waals surface area contributed by atoms with Crippen molar-refractivity contribution in [1.29, 1.82) is 0 Å². The minimum atomic E-state index is -1.21. The minimum absolute atomic E-state index is 0.248. The molecule has 2 aliphatic heterocycles. The van der Waals surface area contributed by atoms with Crippen molar-refractivity contribution in [2.45, 2.75) is 50.2 Å². The number of fused-ring (bicyclic) bond motifs is 1. The number of ether oxygens (including phenoxy) is 3. The van der Waals surface area contributed by atoms with Gasteiger partial charge in [0, 0.05) is 13.2 Å². The number of nitrogens with zero attached hydrogens (tertiary/aromatic N) is 1. The molecule has 1 saturated heterocycles. The number of likely N-dealkylation sites (tertiary alicyclic amines) is 1. The molecule has 1 fully saturated rings. The molecular formula is C25H33NO7. The van der Waals surface area contributed by atoms with E-state index in [0.29, 0.717) is 19.8 Å². The largest absolute Gasteiger partial charge is 0.454 e. The normalized spacial score (nSPS) is 24.8. The molecule has 0 bridgehead atoms. The first-order valence-electron chi connectivity index (χ1n) is 11.5. The molecule has 33 heavy (non-hydrogen) atoms. The molecule has 8 heteroatoms. The second kappa shape index (κ2) is 11.3. The second-order valence-electron chi connectivity index (χ2n) is 8.67. The van der Waals surface area contributed by atoms with Crippen LogP contribution in [0.4, 0.5) is 0 Å². The van der Waals surface area contributed by atoms with Gasteiger partial charge < -0.3 is 34.6 Å². The van der Waals surface area contributed by atoms with Crippen LogP contribution in [0.3, 0.4) is 0 Å². The van der Waals surface area contributed by atoms with Gasteiger partial charge in [-0.15, -0.1) is 0 Å². The summed E-state index contributed by atoms with van der Waals surface area (Å²) in [6.07, 6.45) is -0.647. The molecule has 4 N–H and O–H groups in total. The first-order valence-corrected chi connectivity index (χ1v) is 11.5. The van der Waals surface area contributed by atoms with Crippen LogP contribution in [0.1, 0.15) is 24.8 Å². The predicted octanol–water partition coefficient (Wildman–Crippen LogP) is 1.53. The molecule has 0 radical (unpaired) electrons. The standard InChI is InChI=1S/C25H33NO7/c27-14-20-24(29)25(30)21(28)13-26(20)10-2-1-3-11-31-15-17-4-6-18(7-5-17)19-8-9-22-23(12-19)33-16-32-22/h4-9,12,20-21,24-25,27-30H,1-3,10-11,13-16H2/t20-,21-,24+,25+/m0/s1. The number of hydrogen-bond donors (Lipinski definition) is 4. The predicted molar refractivity (Wildman–Crippen MR) is 122 cm³/mol. The fourth-order valence-electron chi connectivity index (χ4n) is 4.39. The van der Waals surface area contributed by atoms with E-state index in [1.165, 1.54) is 0 Å². The van der Waals surface area contributed by atoms with Crippen molar-refractivity contribution in [3.63, 3.8) is 0 Å². The van der Waals surface area contributed by atoms with Crippen LogP contribution in [0, 0.1) is 0 Å².